The van der Waals surface area contributed by atoms with Crippen LogP contribution >= 0.6 is 0 Å². The van der Waals surface area contributed by atoms with E-state index in [1.807, 2.05) is 12.1 Å². The van der Waals surface area contributed by atoms with E-state index >= 15 is 0 Å². The minimum absolute atomic E-state index is 0.0287. The van der Waals surface area contributed by atoms with E-state index in [2.05, 4.69) is 31.1 Å². The summed E-state index contributed by atoms with van der Waals surface area (Å²) in [6.45, 7) is 7.28. The van der Waals surface area contributed by atoms with Crippen molar-refractivity contribution in [2.75, 3.05) is 11.9 Å². The smallest absolute Gasteiger partial charge is 0.407 e. The summed E-state index contributed by atoms with van der Waals surface area (Å²) >= 11 is 0. The number of aromatic nitrogens is 1. The van der Waals surface area contributed by atoms with Crippen LogP contribution in [0.15, 0.2) is 12.1 Å². The Morgan fingerprint density at radius 3 is 2.79 bits per heavy atom. The molecule has 2 heterocycles. The highest BCUT2D eigenvalue weighted by atomic mass is 16.4. The number of nitrogens with zero attached hydrogens (tertiary/aromatic N) is 2. The molecule has 1 aromatic rings. The van der Waals surface area contributed by atoms with Crippen LogP contribution < -0.4 is 5.32 Å². The van der Waals surface area contributed by atoms with Gasteiger partial charge in [-0.1, -0.05) is 6.07 Å². The number of rotatable bonds is 1. The summed E-state index contributed by atoms with van der Waals surface area (Å²) in [5.74, 6) is 0.857. The lowest BCUT2D eigenvalue weighted by molar-refractivity contribution is 0.143. The second-order valence-corrected chi connectivity index (χ2v) is 5.98. The van der Waals surface area contributed by atoms with Crippen LogP contribution in [0, 0.1) is 0 Å². The van der Waals surface area contributed by atoms with E-state index in [9.17, 15) is 4.79 Å². The van der Waals surface area contributed by atoms with Crippen molar-refractivity contribution in [3.8, 4) is 0 Å². The Bertz CT molecular complexity index is 480. The summed E-state index contributed by atoms with van der Waals surface area (Å²) in [4.78, 5) is 17.1. The van der Waals surface area contributed by atoms with Crippen molar-refractivity contribution < 1.29 is 9.90 Å². The fraction of sp³-hybridized carbons (Fsp3) is 0.571. The van der Waals surface area contributed by atoms with Gasteiger partial charge in [-0.3, -0.25) is 0 Å². The monoisotopic (exact) mass is 263 g/mol. The summed E-state index contributed by atoms with van der Waals surface area (Å²) in [6.07, 6.45) is 0.800. The largest absolute Gasteiger partial charge is 0.465 e. The van der Waals surface area contributed by atoms with Crippen LogP contribution in [0.1, 0.15) is 38.4 Å². The number of hydrogen-bond donors (Lipinski definition) is 2. The van der Waals surface area contributed by atoms with Crippen molar-refractivity contribution in [1.82, 2.24) is 9.88 Å². The van der Waals surface area contributed by atoms with Crippen LogP contribution in [-0.4, -0.2) is 33.2 Å². The SMILES string of the molecule is CC(C)(C)Nc1ccc2c(n1)CCCN(C(=O)O)C2. The van der Waals surface area contributed by atoms with Gasteiger partial charge in [-0.2, -0.15) is 0 Å². The van der Waals surface area contributed by atoms with Gasteiger partial charge in [0.05, 0.1) is 6.54 Å². The van der Waals surface area contributed by atoms with E-state index in [1.165, 1.54) is 4.90 Å². The molecule has 0 saturated heterocycles. The maximum Gasteiger partial charge on any atom is 0.407 e. The molecule has 5 heteroatoms. The highest BCUT2D eigenvalue weighted by molar-refractivity contribution is 5.65. The second kappa shape index (κ2) is 5.07. The minimum atomic E-state index is -0.857. The third kappa shape index (κ3) is 3.59. The van der Waals surface area contributed by atoms with Gasteiger partial charge in [0.1, 0.15) is 5.82 Å². The predicted octanol–water partition coefficient (Wildman–Crippen LogP) is 2.72. The molecule has 0 radical (unpaired) electrons. The van der Waals surface area contributed by atoms with Crippen molar-refractivity contribution in [3.05, 3.63) is 23.4 Å². The first-order chi connectivity index (χ1) is 8.85. The zero-order valence-corrected chi connectivity index (χ0v) is 11.7. The first-order valence-electron chi connectivity index (χ1n) is 6.60. The molecule has 1 amide bonds. The molecule has 0 fully saturated rings. The number of amides is 1. The van der Waals surface area contributed by atoms with Gasteiger partial charge in [0.2, 0.25) is 0 Å². The maximum atomic E-state index is 11.1. The minimum Gasteiger partial charge on any atom is -0.465 e. The zero-order chi connectivity index (χ0) is 14.0. The molecule has 0 aliphatic carbocycles. The topological polar surface area (TPSA) is 65.5 Å². The maximum absolute atomic E-state index is 11.1. The van der Waals surface area contributed by atoms with Gasteiger partial charge in [-0.15, -0.1) is 0 Å². The summed E-state index contributed by atoms with van der Waals surface area (Å²) in [6, 6.07) is 3.91. The Labute approximate surface area is 113 Å². The fourth-order valence-corrected chi connectivity index (χ4v) is 2.23. The van der Waals surface area contributed by atoms with Crippen molar-refractivity contribution in [2.24, 2.45) is 0 Å². The second-order valence-electron chi connectivity index (χ2n) is 5.98. The van der Waals surface area contributed by atoms with Gasteiger partial charge in [0.25, 0.3) is 0 Å². The fourth-order valence-electron chi connectivity index (χ4n) is 2.23. The quantitative estimate of drug-likeness (QED) is 0.817. The normalized spacial score (nSPS) is 15.6. The van der Waals surface area contributed by atoms with Gasteiger partial charge >= 0.3 is 6.09 Å². The molecule has 0 aromatic carbocycles. The van der Waals surface area contributed by atoms with Gasteiger partial charge in [0, 0.05) is 17.8 Å². The molecule has 0 bridgehead atoms. The molecule has 104 valence electrons. The van der Waals surface area contributed by atoms with Gasteiger partial charge in [-0.05, 0) is 45.2 Å². The van der Waals surface area contributed by atoms with E-state index in [0.29, 0.717) is 13.1 Å². The molecule has 0 spiro atoms. The van der Waals surface area contributed by atoms with Crippen LogP contribution in [-0.2, 0) is 13.0 Å². The van der Waals surface area contributed by atoms with E-state index in [1.54, 1.807) is 0 Å². The highest BCUT2D eigenvalue weighted by Crippen LogP contribution is 2.21. The molecule has 1 aliphatic heterocycles. The lowest BCUT2D eigenvalue weighted by atomic mass is 10.1. The van der Waals surface area contributed by atoms with E-state index in [-0.39, 0.29) is 5.54 Å². The van der Waals surface area contributed by atoms with Crippen LogP contribution in [0.3, 0.4) is 0 Å². The molecular weight excluding hydrogens is 242 g/mol. The standard InChI is InChI=1S/C14H21N3O2/c1-14(2,3)16-12-7-6-10-9-17(13(18)19)8-4-5-11(10)15-12/h6-7H,4-5,8-9H2,1-3H3,(H,15,16)(H,18,19). The van der Waals surface area contributed by atoms with Crippen LogP contribution in [0.2, 0.25) is 0 Å². The van der Waals surface area contributed by atoms with Crippen molar-refractivity contribution in [1.29, 1.82) is 0 Å². The molecule has 5 nitrogen and oxygen atoms in total. The third-order valence-corrected chi connectivity index (χ3v) is 3.04. The molecule has 1 aromatic heterocycles. The van der Waals surface area contributed by atoms with Crippen LogP contribution in [0.5, 0.6) is 0 Å². The number of nitrogens with one attached hydrogen (secondary N) is 1. The van der Waals surface area contributed by atoms with Crippen molar-refractivity contribution in [2.45, 2.75) is 45.7 Å². The Balaban J connectivity index is 2.22. The van der Waals surface area contributed by atoms with Gasteiger partial charge in [0.15, 0.2) is 0 Å². The third-order valence-electron chi connectivity index (χ3n) is 3.04. The molecule has 1 aliphatic rings. The summed E-state index contributed by atoms with van der Waals surface area (Å²) in [7, 11) is 0. The molecule has 0 saturated carbocycles. The average molecular weight is 263 g/mol. The Kier molecular flexibility index (Phi) is 3.64. The lowest BCUT2D eigenvalue weighted by Gasteiger charge is -2.22. The summed E-state index contributed by atoms with van der Waals surface area (Å²) in [5.41, 5.74) is 2.00. The Hall–Kier alpha value is -1.78. The highest BCUT2D eigenvalue weighted by Gasteiger charge is 2.19. The van der Waals surface area contributed by atoms with Crippen molar-refractivity contribution in [3.63, 3.8) is 0 Å². The Morgan fingerprint density at radius 1 is 1.42 bits per heavy atom. The summed E-state index contributed by atoms with van der Waals surface area (Å²) in [5, 5.41) is 12.4. The molecule has 2 rings (SSSR count). The molecule has 0 unspecified atom stereocenters. The average Bonchev–Trinajstić information content (AvgIpc) is 2.48. The molecule has 0 atom stereocenters. The summed E-state index contributed by atoms with van der Waals surface area (Å²) < 4.78 is 0. The molecular formula is C14H21N3O2. The van der Waals surface area contributed by atoms with Crippen LogP contribution in [0.25, 0.3) is 0 Å². The van der Waals surface area contributed by atoms with Crippen LogP contribution in [0.4, 0.5) is 10.6 Å². The number of pyridine rings is 1. The number of hydrogen-bond acceptors (Lipinski definition) is 3. The number of anilines is 1. The number of carbonyl (C=O) groups is 1. The lowest BCUT2D eigenvalue weighted by Crippen LogP contribution is -2.29. The van der Waals surface area contributed by atoms with Gasteiger partial charge < -0.3 is 15.3 Å². The van der Waals surface area contributed by atoms with E-state index in [0.717, 1.165) is 29.9 Å². The predicted molar refractivity (Wildman–Crippen MR) is 74.4 cm³/mol. The zero-order valence-electron chi connectivity index (χ0n) is 11.7. The number of fused-ring (bicyclic) bond motifs is 1. The molecule has 2 N–H and O–H groups in total. The first kappa shape index (κ1) is 13.6. The first-order valence-corrected chi connectivity index (χ1v) is 6.60. The molecule has 19 heavy (non-hydrogen) atoms. The van der Waals surface area contributed by atoms with Crippen molar-refractivity contribution >= 4 is 11.9 Å². The van der Waals surface area contributed by atoms with E-state index < -0.39 is 6.09 Å². The number of carboxylic acid groups (broad SMARTS) is 1. The number of aryl methyl sites for hydroxylation is 1. The van der Waals surface area contributed by atoms with Gasteiger partial charge in [-0.25, -0.2) is 9.78 Å². The van der Waals surface area contributed by atoms with E-state index in [4.69, 9.17) is 5.11 Å². The Morgan fingerprint density at radius 2 is 2.16 bits per heavy atom.